The molecule has 184 valence electrons. The Morgan fingerprint density at radius 3 is 2.80 bits per heavy atom. The molecule has 4 heterocycles. The van der Waals surface area contributed by atoms with Crippen molar-refractivity contribution < 1.29 is 14.0 Å². The van der Waals surface area contributed by atoms with Gasteiger partial charge >= 0.3 is 0 Å². The van der Waals surface area contributed by atoms with E-state index in [2.05, 4.69) is 20.8 Å². The lowest BCUT2D eigenvalue weighted by Crippen LogP contribution is -2.45. The zero-order valence-electron chi connectivity index (χ0n) is 19.7. The van der Waals surface area contributed by atoms with E-state index >= 15 is 0 Å². The number of aliphatic imine (C=N–C) groups is 1. The van der Waals surface area contributed by atoms with Gasteiger partial charge in [-0.15, -0.1) is 10.2 Å². The van der Waals surface area contributed by atoms with Crippen LogP contribution in [0.3, 0.4) is 0 Å². The number of aryl methyl sites for hydroxylation is 1. The number of nitrogens with zero attached hydrogens (tertiary/aromatic N) is 5. The van der Waals surface area contributed by atoms with Gasteiger partial charge in [0.15, 0.2) is 0 Å². The maximum Gasteiger partial charge on any atom is 0.247 e. The molecule has 0 saturated carbocycles. The van der Waals surface area contributed by atoms with Crippen LogP contribution in [-0.4, -0.2) is 70.0 Å². The van der Waals surface area contributed by atoms with E-state index in [1.54, 1.807) is 10.4 Å². The minimum absolute atomic E-state index is 0.0227. The molecule has 2 fully saturated rings. The fourth-order valence-electron chi connectivity index (χ4n) is 4.56. The van der Waals surface area contributed by atoms with Crippen LogP contribution in [0.1, 0.15) is 37.9 Å². The molecule has 1 unspecified atom stereocenters. The van der Waals surface area contributed by atoms with Crippen molar-refractivity contribution in [1.82, 2.24) is 20.0 Å². The summed E-state index contributed by atoms with van der Waals surface area (Å²) in [7, 11) is 0. The molecule has 3 aromatic rings. The van der Waals surface area contributed by atoms with Gasteiger partial charge in [-0.2, -0.15) is 0 Å². The highest BCUT2D eigenvalue weighted by molar-refractivity contribution is 7.13. The second-order valence-corrected chi connectivity index (χ2v) is 9.77. The van der Waals surface area contributed by atoms with E-state index in [0.29, 0.717) is 24.1 Å². The summed E-state index contributed by atoms with van der Waals surface area (Å²) < 4.78 is 5.67. The number of amides is 2. The molecule has 2 saturated heterocycles. The van der Waals surface area contributed by atoms with E-state index < -0.39 is 6.04 Å². The number of carbonyl (C=O) groups is 2. The Kier molecular flexibility index (Phi) is 6.94. The van der Waals surface area contributed by atoms with E-state index in [4.69, 9.17) is 9.41 Å². The first kappa shape index (κ1) is 23.3. The number of rotatable bonds is 5. The Morgan fingerprint density at radius 1 is 1.17 bits per heavy atom. The minimum Gasteiger partial charge on any atom is -0.461 e. The van der Waals surface area contributed by atoms with Crippen molar-refractivity contribution >= 4 is 50.9 Å². The van der Waals surface area contributed by atoms with Crippen LogP contribution in [0, 0.1) is 6.92 Å². The lowest BCUT2D eigenvalue weighted by Gasteiger charge is -2.25. The Bertz CT molecular complexity index is 1220. The van der Waals surface area contributed by atoms with Gasteiger partial charge in [0.1, 0.15) is 22.9 Å². The Morgan fingerprint density at radius 2 is 2.00 bits per heavy atom. The first-order valence-corrected chi connectivity index (χ1v) is 12.9. The molecule has 2 aromatic heterocycles. The van der Waals surface area contributed by atoms with Crippen LogP contribution in [0.4, 0.5) is 10.8 Å². The zero-order chi connectivity index (χ0) is 24.2. The molecule has 5 rings (SSSR count). The normalized spacial score (nSPS) is 19.3. The maximum atomic E-state index is 13.4. The van der Waals surface area contributed by atoms with Gasteiger partial charge in [0, 0.05) is 30.7 Å². The molecule has 2 amide bonds. The van der Waals surface area contributed by atoms with Crippen molar-refractivity contribution in [1.29, 1.82) is 0 Å². The van der Waals surface area contributed by atoms with Gasteiger partial charge in [-0.25, -0.2) is 4.99 Å². The van der Waals surface area contributed by atoms with Crippen LogP contribution in [-0.2, 0) is 9.59 Å². The molecule has 2 aliphatic rings. The number of benzene rings is 1. The summed E-state index contributed by atoms with van der Waals surface area (Å²) >= 11 is 1.34. The number of likely N-dealkylation sites (tertiary alicyclic amines) is 2. The van der Waals surface area contributed by atoms with E-state index in [1.807, 2.05) is 36.1 Å². The number of anilines is 2. The maximum absolute atomic E-state index is 13.4. The highest BCUT2D eigenvalue weighted by atomic mass is 32.1. The Balaban J connectivity index is 1.37. The van der Waals surface area contributed by atoms with Crippen molar-refractivity contribution in [3.63, 3.8) is 0 Å². The second-order valence-electron chi connectivity index (χ2n) is 8.94. The van der Waals surface area contributed by atoms with E-state index in [0.717, 1.165) is 61.2 Å². The molecule has 1 aromatic carbocycles. The monoisotopic (exact) mass is 495 g/mol. The SMILES string of the molecule is Cc1cc2cc(NC(=NC3CCCCN(CC(=O)N4CCCC4)C3=O)Nc3nncs3)ccc2o1. The minimum atomic E-state index is -0.591. The first-order chi connectivity index (χ1) is 17.0. The number of aromatic nitrogens is 2. The molecule has 10 nitrogen and oxygen atoms in total. The lowest BCUT2D eigenvalue weighted by atomic mass is 10.1. The predicted molar refractivity (Wildman–Crippen MR) is 136 cm³/mol. The number of guanidine groups is 1. The summed E-state index contributed by atoms with van der Waals surface area (Å²) in [6, 6.07) is 7.15. The fraction of sp³-hybridized carbons (Fsp3) is 0.458. The van der Waals surface area contributed by atoms with Gasteiger partial charge in [0.25, 0.3) is 0 Å². The number of furan rings is 1. The Labute approximate surface area is 207 Å². The second kappa shape index (κ2) is 10.4. The van der Waals surface area contributed by atoms with Gasteiger partial charge in [0.05, 0.1) is 6.54 Å². The number of hydrogen-bond acceptors (Lipinski definition) is 7. The molecule has 2 N–H and O–H groups in total. The number of hydrogen-bond donors (Lipinski definition) is 2. The highest BCUT2D eigenvalue weighted by Gasteiger charge is 2.30. The van der Waals surface area contributed by atoms with Gasteiger partial charge in [-0.3, -0.25) is 9.59 Å². The van der Waals surface area contributed by atoms with Crippen LogP contribution in [0.2, 0.25) is 0 Å². The summed E-state index contributed by atoms with van der Waals surface area (Å²) in [5.74, 6) is 1.15. The van der Waals surface area contributed by atoms with E-state index in [9.17, 15) is 9.59 Å². The topological polar surface area (TPSA) is 116 Å². The van der Waals surface area contributed by atoms with Crippen LogP contribution < -0.4 is 10.6 Å². The highest BCUT2D eigenvalue weighted by Crippen LogP contribution is 2.23. The van der Waals surface area contributed by atoms with Crippen molar-refractivity contribution in [2.75, 3.05) is 36.8 Å². The third-order valence-corrected chi connectivity index (χ3v) is 6.92. The number of fused-ring (bicyclic) bond motifs is 1. The molecule has 35 heavy (non-hydrogen) atoms. The molecular weight excluding hydrogens is 466 g/mol. The largest absolute Gasteiger partial charge is 0.461 e. The molecular formula is C24H29N7O3S. The fourth-order valence-corrected chi connectivity index (χ4v) is 5.01. The molecule has 11 heteroatoms. The van der Waals surface area contributed by atoms with E-state index in [1.165, 1.54) is 11.3 Å². The summed E-state index contributed by atoms with van der Waals surface area (Å²) in [4.78, 5) is 34.4. The summed E-state index contributed by atoms with van der Waals surface area (Å²) in [6.07, 6.45) is 4.40. The summed E-state index contributed by atoms with van der Waals surface area (Å²) in [5.41, 5.74) is 3.24. The van der Waals surface area contributed by atoms with Crippen molar-refractivity contribution in [3.8, 4) is 0 Å². The van der Waals surface area contributed by atoms with Gasteiger partial charge < -0.3 is 24.9 Å². The van der Waals surface area contributed by atoms with Crippen molar-refractivity contribution in [2.45, 2.75) is 45.1 Å². The summed E-state index contributed by atoms with van der Waals surface area (Å²) in [6.45, 7) is 4.17. The molecule has 2 aliphatic heterocycles. The predicted octanol–water partition coefficient (Wildman–Crippen LogP) is 3.48. The van der Waals surface area contributed by atoms with E-state index in [-0.39, 0.29) is 18.4 Å². The summed E-state index contributed by atoms with van der Waals surface area (Å²) in [5, 5.41) is 15.9. The van der Waals surface area contributed by atoms with Gasteiger partial charge in [-0.1, -0.05) is 11.3 Å². The van der Waals surface area contributed by atoms with Gasteiger partial charge in [0.2, 0.25) is 22.9 Å². The average Bonchev–Trinajstić information content (AvgIpc) is 3.59. The van der Waals surface area contributed by atoms with Crippen LogP contribution in [0.5, 0.6) is 0 Å². The third-order valence-electron chi connectivity index (χ3n) is 6.31. The van der Waals surface area contributed by atoms with Crippen molar-refractivity contribution in [3.05, 3.63) is 35.5 Å². The zero-order valence-corrected chi connectivity index (χ0v) is 20.5. The Hall–Kier alpha value is -3.47. The number of nitrogens with one attached hydrogen (secondary N) is 2. The first-order valence-electron chi connectivity index (χ1n) is 12.0. The standard InChI is InChI=1S/C24H29N7O3S/c1-16-12-17-13-18(7-8-20(17)34-16)26-23(28-24-29-25-15-35-24)27-19-6-2-3-11-31(22(19)33)14-21(32)30-9-4-5-10-30/h7-8,12-13,15,19H,2-6,9-11,14H2,1H3,(H2,26,27,28,29). The molecule has 1 atom stereocenters. The smallest absolute Gasteiger partial charge is 0.247 e. The third kappa shape index (κ3) is 5.61. The average molecular weight is 496 g/mol. The molecule has 0 aliphatic carbocycles. The van der Waals surface area contributed by atoms with Crippen LogP contribution in [0.15, 0.2) is 39.2 Å². The lowest BCUT2D eigenvalue weighted by molar-refractivity contribution is -0.140. The van der Waals surface area contributed by atoms with Crippen LogP contribution >= 0.6 is 11.3 Å². The number of carbonyl (C=O) groups excluding carboxylic acids is 2. The molecule has 0 radical (unpaired) electrons. The van der Waals surface area contributed by atoms with Crippen LogP contribution in [0.25, 0.3) is 11.0 Å². The quantitative estimate of drug-likeness (QED) is 0.411. The van der Waals surface area contributed by atoms with Crippen molar-refractivity contribution in [2.24, 2.45) is 4.99 Å². The van der Waals surface area contributed by atoms with Gasteiger partial charge in [-0.05, 0) is 63.3 Å². The molecule has 0 bridgehead atoms. The molecule has 0 spiro atoms.